The first kappa shape index (κ1) is 20.2. The van der Waals surface area contributed by atoms with Gasteiger partial charge in [0.1, 0.15) is 5.69 Å². The third kappa shape index (κ3) is 4.14. The number of alkyl halides is 3. The van der Waals surface area contributed by atoms with Crippen LogP contribution in [-0.4, -0.2) is 59.7 Å². The topological polar surface area (TPSA) is 83.5 Å². The van der Waals surface area contributed by atoms with Crippen molar-refractivity contribution in [1.82, 2.24) is 19.2 Å². The van der Waals surface area contributed by atoms with Gasteiger partial charge in [-0.25, -0.2) is 13.4 Å². The zero-order valence-corrected chi connectivity index (χ0v) is 15.7. The molecule has 150 valence electrons. The smallest absolute Gasteiger partial charge is 0.335 e. The molecule has 3 rings (SSSR count). The highest BCUT2D eigenvalue weighted by molar-refractivity contribution is 7.89. The molecular weight excluding hydrogens is 397 g/mol. The summed E-state index contributed by atoms with van der Waals surface area (Å²) < 4.78 is 64.4. The third-order valence-corrected chi connectivity index (χ3v) is 6.26. The van der Waals surface area contributed by atoms with Crippen LogP contribution in [0.15, 0.2) is 41.6 Å². The first-order valence-corrected chi connectivity index (χ1v) is 9.78. The molecule has 11 heteroatoms. The summed E-state index contributed by atoms with van der Waals surface area (Å²) in [4.78, 5) is 21.7. The van der Waals surface area contributed by atoms with E-state index < -0.39 is 21.8 Å². The fraction of sp³-hybridized carbons (Fsp3) is 0.353. The molecule has 0 aliphatic carbocycles. The molecule has 2 heterocycles. The first-order chi connectivity index (χ1) is 13.1. The monoisotopic (exact) mass is 414 g/mol. The van der Waals surface area contributed by atoms with Gasteiger partial charge < -0.3 is 4.90 Å². The van der Waals surface area contributed by atoms with Gasteiger partial charge >= 0.3 is 6.18 Å². The second kappa shape index (κ2) is 7.47. The largest absolute Gasteiger partial charge is 0.416 e. The fourth-order valence-corrected chi connectivity index (χ4v) is 4.18. The van der Waals surface area contributed by atoms with Crippen LogP contribution in [0.5, 0.6) is 0 Å². The van der Waals surface area contributed by atoms with Crippen LogP contribution < -0.4 is 0 Å². The Morgan fingerprint density at radius 3 is 2.11 bits per heavy atom. The molecule has 1 aromatic carbocycles. The average Bonchev–Trinajstić information content (AvgIpc) is 2.67. The van der Waals surface area contributed by atoms with E-state index in [4.69, 9.17) is 0 Å². The number of halogens is 3. The van der Waals surface area contributed by atoms with Gasteiger partial charge in [-0.1, -0.05) is 0 Å². The standard InChI is InChI=1S/C17H17F3N4O3S/c1-12-10-22-15(11-21-12)16(25)23-6-8-24(9-7-23)28(26,27)14-4-2-13(3-5-14)17(18,19)20/h2-5,10-11H,6-9H2,1H3. The highest BCUT2D eigenvalue weighted by Gasteiger charge is 2.33. The molecule has 2 aromatic rings. The van der Waals surface area contributed by atoms with Crippen molar-refractivity contribution < 1.29 is 26.4 Å². The Balaban J connectivity index is 1.68. The third-order valence-electron chi connectivity index (χ3n) is 4.35. The van der Waals surface area contributed by atoms with Gasteiger partial charge in [0.25, 0.3) is 5.91 Å². The molecule has 1 saturated heterocycles. The van der Waals surface area contributed by atoms with Crippen LogP contribution in [0.25, 0.3) is 0 Å². The molecule has 7 nitrogen and oxygen atoms in total. The van der Waals surface area contributed by atoms with Crippen LogP contribution in [0.1, 0.15) is 21.7 Å². The lowest BCUT2D eigenvalue weighted by molar-refractivity contribution is -0.137. The van der Waals surface area contributed by atoms with E-state index in [1.54, 1.807) is 6.92 Å². The second-order valence-electron chi connectivity index (χ2n) is 6.26. The molecule has 0 N–H and O–H groups in total. The normalized spacial score (nSPS) is 16.2. The molecule has 0 radical (unpaired) electrons. The SMILES string of the molecule is Cc1cnc(C(=O)N2CCN(S(=O)(=O)c3ccc(C(F)(F)F)cc3)CC2)cn1. The predicted octanol–water partition coefficient (Wildman–Crippen LogP) is 1.95. The summed E-state index contributed by atoms with van der Waals surface area (Å²) in [5.74, 6) is -0.348. The van der Waals surface area contributed by atoms with Crippen molar-refractivity contribution in [2.24, 2.45) is 0 Å². The molecule has 28 heavy (non-hydrogen) atoms. The summed E-state index contributed by atoms with van der Waals surface area (Å²) in [7, 11) is -3.94. The number of aryl methyl sites for hydroxylation is 1. The Morgan fingerprint density at radius 1 is 1.00 bits per heavy atom. The number of carbonyl (C=O) groups is 1. The van der Waals surface area contributed by atoms with E-state index in [-0.39, 0.29) is 42.7 Å². The van der Waals surface area contributed by atoms with Gasteiger partial charge in [0.05, 0.1) is 22.3 Å². The van der Waals surface area contributed by atoms with Crippen LogP contribution in [0.3, 0.4) is 0 Å². The van der Waals surface area contributed by atoms with E-state index in [1.165, 1.54) is 17.3 Å². The van der Waals surface area contributed by atoms with Crippen LogP contribution in [0.2, 0.25) is 0 Å². The van der Waals surface area contributed by atoms with Gasteiger partial charge in [0.15, 0.2) is 0 Å². The summed E-state index contributed by atoms with van der Waals surface area (Å²) in [5.41, 5.74) is -0.0743. The molecule has 1 fully saturated rings. The fourth-order valence-electron chi connectivity index (χ4n) is 2.76. The number of piperazine rings is 1. The number of aromatic nitrogens is 2. The van der Waals surface area contributed by atoms with Crippen LogP contribution in [-0.2, 0) is 16.2 Å². The maximum absolute atomic E-state index is 12.7. The summed E-state index contributed by atoms with van der Waals surface area (Å²) in [6.07, 6.45) is -1.70. The molecule has 1 aliphatic heterocycles. The maximum Gasteiger partial charge on any atom is 0.416 e. The minimum atomic E-state index is -4.53. The van der Waals surface area contributed by atoms with Crippen molar-refractivity contribution in [3.05, 3.63) is 53.6 Å². The quantitative estimate of drug-likeness (QED) is 0.767. The molecule has 0 saturated carbocycles. The van der Waals surface area contributed by atoms with E-state index in [0.717, 1.165) is 28.6 Å². The molecular formula is C17H17F3N4O3S. The van der Waals surface area contributed by atoms with Crippen LogP contribution in [0.4, 0.5) is 13.2 Å². The van der Waals surface area contributed by atoms with Crippen LogP contribution >= 0.6 is 0 Å². The molecule has 0 bridgehead atoms. The summed E-state index contributed by atoms with van der Waals surface area (Å²) in [6, 6.07) is 3.36. The molecule has 1 aliphatic rings. The van der Waals surface area contributed by atoms with Gasteiger partial charge in [-0.05, 0) is 31.2 Å². The molecule has 1 aromatic heterocycles. The van der Waals surface area contributed by atoms with E-state index in [2.05, 4.69) is 9.97 Å². The zero-order valence-electron chi connectivity index (χ0n) is 14.8. The number of nitrogens with zero attached hydrogens (tertiary/aromatic N) is 4. The Labute approximate surface area is 159 Å². The summed E-state index contributed by atoms with van der Waals surface area (Å²) >= 11 is 0. The summed E-state index contributed by atoms with van der Waals surface area (Å²) in [5, 5.41) is 0. The number of hydrogen-bond acceptors (Lipinski definition) is 5. The number of amides is 1. The van der Waals surface area contributed by atoms with E-state index >= 15 is 0 Å². The Morgan fingerprint density at radius 2 is 1.61 bits per heavy atom. The number of carbonyl (C=O) groups excluding carboxylic acids is 1. The van der Waals surface area contributed by atoms with Crippen molar-refractivity contribution in [3.8, 4) is 0 Å². The van der Waals surface area contributed by atoms with Crippen molar-refractivity contribution in [2.75, 3.05) is 26.2 Å². The van der Waals surface area contributed by atoms with Gasteiger partial charge in [0.2, 0.25) is 10.0 Å². The van der Waals surface area contributed by atoms with E-state index in [9.17, 15) is 26.4 Å². The molecule has 0 atom stereocenters. The maximum atomic E-state index is 12.7. The van der Waals surface area contributed by atoms with Gasteiger partial charge in [-0.15, -0.1) is 0 Å². The molecule has 0 unspecified atom stereocenters. The Hall–Kier alpha value is -2.53. The van der Waals surface area contributed by atoms with Gasteiger partial charge in [0, 0.05) is 32.4 Å². The van der Waals surface area contributed by atoms with Crippen molar-refractivity contribution in [2.45, 2.75) is 18.0 Å². The number of rotatable bonds is 3. The molecule has 1 amide bonds. The molecule has 0 spiro atoms. The highest BCUT2D eigenvalue weighted by Crippen LogP contribution is 2.30. The summed E-state index contributed by atoms with van der Waals surface area (Å²) in [6.45, 7) is 2.11. The zero-order chi connectivity index (χ0) is 20.5. The van der Waals surface area contributed by atoms with Crippen molar-refractivity contribution >= 4 is 15.9 Å². The highest BCUT2D eigenvalue weighted by atomic mass is 32.2. The lowest BCUT2D eigenvalue weighted by Gasteiger charge is -2.33. The number of benzene rings is 1. The van der Waals surface area contributed by atoms with E-state index in [1.807, 2.05) is 0 Å². The van der Waals surface area contributed by atoms with E-state index in [0.29, 0.717) is 5.69 Å². The van der Waals surface area contributed by atoms with Crippen molar-refractivity contribution in [1.29, 1.82) is 0 Å². The first-order valence-electron chi connectivity index (χ1n) is 8.34. The van der Waals surface area contributed by atoms with Gasteiger partial charge in [-0.3, -0.25) is 9.78 Å². The lowest BCUT2D eigenvalue weighted by Crippen LogP contribution is -2.50. The van der Waals surface area contributed by atoms with Crippen LogP contribution in [0, 0.1) is 6.92 Å². The minimum absolute atomic E-state index is 0.0361. The average molecular weight is 414 g/mol. The Kier molecular flexibility index (Phi) is 5.39. The Bertz CT molecular complexity index is 953. The predicted molar refractivity (Wildman–Crippen MR) is 92.9 cm³/mol. The number of hydrogen-bond donors (Lipinski definition) is 0. The lowest BCUT2D eigenvalue weighted by atomic mass is 10.2. The van der Waals surface area contributed by atoms with Gasteiger partial charge in [-0.2, -0.15) is 17.5 Å². The van der Waals surface area contributed by atoms with Crippen molar-refractivity contribution in [3.63, 3.8) is 0 Å². The second-order valence-corrected chi connectivity index (χ2v) is 8.20. The number of sulfonamides is 1. The minimum Gasteiger partial charge on any atom is -0.335 e.